The number of nitrogens with one attached hydrogen (secondary N) is 2. The van der Waals surface area contributed by atoms with Gasteiger partial charge in [0.05, 0.1) is 5.39 Å². The number of benzene rings is 1. The van der Waals surface area contributed by atoms with Gasteiger partial charge in [0.25, 0.3) is 11.5 Å². The maximum atomic E-state index is 12.4. The number of anilines is 1. The standard InChI is InChI=1S/C15H12N4O2/c1-9-8-16-7-6-12(9)17-15(21)13-10-4-2-3-5-11(10)14(20)19-18-13/h2-8H,1H3,(H,19,20)(H,16,17,21). The minimum absolute atomic E-state index is 0.182. The molecule has 0 spiro atoms. The molecule has 0 aliphatic carbocycles. The van der Waals surface area contributed by atoms with Crippen molar-refractivity contribution in [2.75, 3.05) is 5.32 Å². The largest absolute Gasteiger partial charge is 0.320 e. The first kappa shape index (κ1) is 13.0. The molecule has 3 rings (SSSR count). The molecule has 0 saturated heterocycles. The van der Waals surface area contributed by atoms with Crippen LogP contribution in [0.3, 0.4) is 0 Å². The highest BCUT2D eigenvalue weighted by Gasteiger charge is 2.14. The summed E-state index contributed by atoms with van der Waals surface area (Å²) in [5.41, 5.74) is 1.37. The van der Waals surface area contributed by atoms with Crippen molar-refractivity contribution in [1.82, 2.24) is 15.2 Å². The van der Waals surface area contributed by atoms with Crippen LogP contribution in [-0.2, 0) is 0 Å². The molecule has 0 atom stereocenters. The van der Waals surface area contributed by atoms with E-state index in [9.17, 15) is 9.59 Å². The Labute approximate surface area is 119 Å². The number of hydrogen-bond donors (Lipinski definition) is 2. The van der Waals surface area contributed by atoms with Gasteiger partial charge in [-0.15, -0.1) is 0 Å². The highest BCUT2D eigenvalue weighted by molar-refractivity contribution is 6.11. The molecule has 21 heavy (non-hydrogen) atoms. The fraction of sp³-hybridized carbons (Fsp3) is 0.0667. The SMILES string of the molecule is Cc1cnccc1NC(=O)c1n[nH]c(=O)c2ccccc12. The first-order chi connectivity index (χ1) is 10.2. The van der Waals surface area contributed by atoms with Crippen LogP contribution in [0, 0.1) is 6.92 Å². The zero-order chi connectivity index (χ0) is 14.8. The van der Waals surface area contributed by atoms with E-state index in [1.807, 2.05) is 6.92 Å². The summed E-state index contributed by atoms with van der Waals surface area (Å²) < 4.78 is 0. The monoisotopic (exact) mass is 280 g/mol. The number of pyridine rings is 1. The predicted octanol–water partition coefficient (Wildman–Crippen LogP) is 1.88. The Morgan fingerprint density at radius 3 is 2.71 bits per heavy atom. The number of amides is 1. The van der Waals surface area contributed by atoms with Gasteiger partial charge in [-0.1, -0.05) is 18.2 Å². The summed E-state index contributed by atoms with van der Waals surface area (Å²) >= 11 is 0. The van der Waals surface area contributed by atoms with Crippen LogP contribution in [0.1, 0.15) is 16.1 Å². The second kappa shape index (κ2) is 5.16. The lowest BCUT2D eigenvalue weighted by molar-refractivity contribution is 0.102. The number of carbonyl (C=O) groups excluding carboxylic acids is 1. The first-order valence-electron chi connectivity index (χ1n) is 6.36. The van der Waals surface area contributed by atoms with Gasteiger partial charge in [-0.3, -0.25) is 14.6 Å². The average Bonchev–Trinajstić information content (AvgIpc) is 2.50. The Morgan fingerprint density at radius 2 is 1.95 bits per heavy atom. The second-order valence-electron chi connectivity index (χ2n) is 4.59. The Hall–Kier alpha value is -3.02. The molecule has 0 radical (unpaired) electrons. The van der Waals surface area contributed by atoms with Crippen LogP contribution in [0.4, 0.5) is 5.69 Å². The summed E-state index contributed by atoms with van der Waals surface area (Å²) in [6, 6.07) is 8.57. The molecule has 2 N–H and O–H groups in total. The van der Waals surface area contributed by atoms with Gasteiger partial charge in [-0.05, 0) is 24.6 Å². The number of aromatic nitrogens is 3. The molecule has 0 saturated carbocycles. The van der Waals surface area contributed by atoms with E-state index in [1.54, 1.807) is 42.7 Å². The summed E-state index contributed by atoms with van der Waals surface area (Å²) in [4.78, 5) is 28.1. The summed E-state index contributed by atoms with van der Waals surface area (Å²) in [6.45, 7) is 1.85. The molecule has 0 fully saturated rings. The van der Waals surface area contributed by atoms with Crippen molar-refractivity contribution in [3.05, 3.63) is 64.3 Å². The summed E-state index contributed by atoms with van der Waals surface area (Å²) in [5.74, 6) is -0.378. The van der Waals surface area contributed by atoms with Crippen molar-refractivity contribution in [3.8, 4) is 0 Å². The predicted molar refractivity (Wildman–Crippen MR) is 79.3 cm³/mol. The minimum atomic E-state index is -0.378. The van der Waals surface area contributed by atoms with E-state index in [0.717, 1.165) is 5.56 Å². The number of fused-ring (bicyclic) bond motifs is 1. The number of carbonyl (C=O) groups is 1. The highest BCUT2D eigenvalue weighted by atomic mass is 16.2. The van der Waals surface area contributed by atoms with Crippen molar-refractivity contribution in [3.63, 3.8) is 0 Å². The third-order valence-electron chi connectivity index (χ3n) is 3.18. The van der Waals surface area contributed by atoms with Crippen molar-refractivity contribution < 1.29 is 4.79 Å². The van der Waals surface area contributed by atoms with E-state index in [2.05, 4.69) is 20.5 Å². The Kier molecular flexibility index (Phi) is 3.19. The van der Waals surface area contributed by atoms with E-state index < -0.39 is 0 Å². The quantitative estimate of drug-likeness (QED) is 0.750. The van der Waals surface area contributed by atoms with Gasteiger partial charge in [0.15, 0.2) is 5.69 Å². The van der Waals surface area contributed by atoms with Crippen LogP contribution >= 0.6 is 0 Å². The van der Waals surface area contributed by atoms with Gasteiger partial charge in [0.1, 0.15) is 0 Å². The van der Waals surface area contributed by atoms with Gasteiger partial charge in [-0.2, -0.15) is 5.10 Å². The number of rotatable bonds is 2. The zero-order valence-corrected chi connectivity index (χ0v) is 11.3. The molecule has 0 aliphatic heterocycles. The Balaban J connectivity index is 2.05. The van der Waals surface area contributed by atoms with E-state index in [-0.39, 0.29) is 17.2 Å². The molecule has 6 heteroatoms. The molecule has 0 bridgehead atoms. The number of aromatic amines is 1. The maximum absolute atomic E-state index is 12.4. The van der Waals surface area contributed by atoms with Crippen LogP contribution in [-0.4, -0.2) is 21.1 Å². The van der Waals surface area contributed by atoms with Gasteiger partial charge >= 0.3 is 0 Å². The van der Waals surface area contributed by atoms with Gasteiger partial charge in [0.2, 0.25) is 0 Å². The van der Waals surface area contributed by atoms with Crippen LogP contribution in [0.2, 0.25) is 0 Å². The zero-order valence-electron chi connectivity index (χ0n) is 11.3. The molecule has 0 unspecified atom stereocenters. The number of H-pyrrole nitrogens is 1. The molecule has 1 aromatic carbocycles. The maximum Gasteiger partial charge on any atom is 0.276 e. The van der Waals surface area contributed by atoms with Gasteiger partial charge in [0, 0.05) is 23.5 Å². The third kappa shape index (κ3) is 2.38. The van der Waals surface area contributed by atoms with Crippen molar-refractivity contribution in [1.29, 1.82) is 0 Å². The summed E-state index contributed by atoms with van der Waals surface area (Å²) in [6.07, 6.45) is 3.26. The van der Waals surface area contributed by atoms with E-state index in [4.69, 9.17) is 0 Å². The van der Waals surface area contributed by atoms with Crippen LogP contribution in [0.5, 0.6) is 0 Å². The molecule has 0 aliphatic rings. The fourth-order valence-electron chi connectivity index (χ4n) is 2.08. The van der Waals surface area contributed by atoms with Crippen LogP contribution in [0.25, 0.3) is 10.8 Å². The first-order valence-corrected chi connectivity index (χ1v) is 6.36. The molecule has 2 heterocycles. The van der Waals surface area contributed by atoms with Gasteiger partial charge in [-0.25, -0.2) is 5.10 Å². The molecule has 104 valence electrons. The summed E-state index contributed by atoms with van der Waals surface area (Å²) in [5, 5.41) is 9.94. The molecule has 6 nitrogen and oxygen atoms in total. The molecule has 2 aromatic heterocycles. The molecular weight excluding hydrogens is 268 g/mol. The minimum Gasteiger partial charge on any atom is -0.320 e. The highest BCUT2D eigenvalue weighted by Crippen LogP contribution is 2.16. The topological polar surface area (TPSA) is 87.7 Å². The van der Waals surface area contributed by atoms with Gasteiger partial charge < -0.3 is 5.32 Å². The Bertz CT molecular complexity index is 886. The van der Waals surface area contributed by atoms with Crippen molar-refractivity contribution in [2.24, 2.45) is 0 Å². The lowest BCUT2D eigenvalue weighted by Crippen LogP contribution is -2.19. The molecular formula is C15H12N4O2. The third-order valence-corrected chi connectivity index (χ3v) is 3.18. The van der Waals surface area contributed by atoms with Crippen molar-refractivity contribution in [2.45, 2.75) is 6.92 Å². The second-order valence-corrected chi connectivity index (χ2v) is 4.59. The molecule has 3 aromatic rings. The number of aryl methyl sites for hydroxylation is 1. The lowest BCUT2D eigenvalue weighted by atomic mass is 10.1. The van der Waals surface area contributed by atoms with Crippen molar-refractivity contribution >= 4 is 22.4 Å². The van der Waals surface area contributed by atoms with Crippen LogP contribution in [0.15, 0.2) is 47.5 Å². The van der Waals surface area contributed by atoms with Crippen LogP contribution < -0.4 is 10.9 Å². The Morgan fingerprint density at radius 1 is 1.19 bits per heavy atom. The average molecular weight is 280 g/mol. The normalized spacial score (nSPS) is 10.5. The van der Waals surface area contributed by atoms with E-state index in [1.165, 1.54) is 0 Å². The lowest BCUT2D eigenvalue weighted by Gasteiger charge is -2.08. The number of nitrogens with zero attached hydrogens (tertiary/aromatic N) is 2. The fourth-order valence-corrected chi connectivity index (χ4v) is 2.08. The summed E-state index contributed by atoms with van der Waals surface area (Å²) in [7, 11) is 0. The smallest absolute Gasteiger partial charge is 0.276 e. The number of hydrogen-bond acceptors (Lipinski definition) is 4. The molecule has 1 amide bonds. The van der Waals surface area contributed by atoms with E-state index in [0.29, 0.717) is 16.5 Å². The van der Waals surface area contributed by atoms with E-state index >= 15 is 0 Å².